The third-order valence-electron chi connectivity index (χ3n) is 4.50. The number of H-pyrrole nitrogens is 2. The topological polar surface area (TPSA) is 107 Å². The van der Waals surface area contributed by atoms with Gasteiger partial charge in [0.1, 0.15) is 5.82 Å². The SMILES string of the molecule is c1cc(Nc2cc(C3CC3)[nH]n2)nc(NCc2nccc3[nH]ccc23)n1. The van der Waals surface area contributed by atoms with Crippen LogP contribution in [0, 0.1) is 0 Å². The van der Waals surface area contributed by atoms with Crippen molar-refractivity contribution in [3.63, 3.8) is 0 Å². The van der Waals surface area contributed by atoms with Gasteiger partial charge in [-0.05, 0) is 31.0 Å². The number of anilines is 3. The van der Waals surface area contributed by atoms with E-state index in [1.165, 1.54) is 18.5 Å². The molecule has 130 valence electrons. The molecule has 0 radical (unpaired) electrons. The molecule has 1 fully saturated rings. The van der Waals surface area contributed by atoms with Crippen LogP contribution in [0.5, 0.6) is 0 Å². The summed E-state index contributed by atoms with van der Waals surface area (Å²) in [5, 5.41) is 14.9. The van der Waals surface area contributed by atoms with Crippen LogP contribution in [0.4, 0.5) is 17.6 Å². The standard InChI is InChI=1S/C18H18N8/c1-2-11(1)14-9-17(26-25-14)23-16-5-8-21-18(24-16)22-10-15-12-3-6-19-13(12)4-7-20-15/h3-9,11,19H,1-2,10H2,(H3,21,22,23,24,25,26). The van der Waals surface area contributed by atoms with E-state index < -0.39 is 0 Å². The molecular formula is C18H18N8. The zero-order valence-electron chi connectivity index (χ0n) is 14.0. The van der Waals surface area contributed by atoms with Crippen LogP contribution in [0.15, 0.2) is 42.9 Å². The minimum Gasteiger partial charge on any atom is -0.361 e. The monoisotopic (exact) mass is 346 g/mol. The molecule has 0 aromatic carbocycles. The fraction of sp³-hybridized carbons (Fsp3) is 0.222. The molecule has 1 aliphatic carbocycles. The number of aromatic amines is 2. The molecule has 4 aromatic rings. The minimum absolute atomic E-state index is 0.544. The van der Waals surface area contributed by atoms with Gasteiger partial charge < -0.3 is 15.6 Å². The lowest BCUT2D eigenvalue weighted by Crippen LogP contribution is -2.06. The van der Waals surface area contributed by atoms with Gasteiger partial charge in [-0.25, -0.2) is 4.98 Å². The molecule has 0 spiro atoms. The largest absolute Gasteiger partial charge is 0.361 e. The predicted octanol–water partition coefficient (Wildman–Crippen LogP) is 3.31. The number of nitrogens with one attached hydrogen (secondary N) is 4. The van der Waals surface area contributed by atoms with Gasteiger partial charge in [0.15, 0.2) is 5.82 Å². The van der Waals surface area contributed by atoms with Gasteiger partial charge in [-0.1, -0.05) is 0 Å². The van der Waals surface area contributed by atoms with Crippen LogP contribution >= 0.6 is 0 Å². The van der Waals surface area contributed by atoms with E-state index in [-0.39, 0.29) is 0 Å². The molecule has 0 aliphatic heterocycles. The van der Waals surface area contributed by atoms with Gasteiger partial charge in [-0.2, -0.15) is 10.1 Å². The van der Waals surface area contributed by atoms with Crippen molar-refractivity contribution in [3.05, 3.63) is 54.2 Å². The van der Waals surface area contributed by atoms with Crippen LogP contribution in [0.1, 0.15) is 30.1 Å². The summed E-state index contributed by atoms with van der Waals surface area (Å²) in [7, 11) is 0. The number of fused-ring (bicyclic) bond motifs is 1. The predicted molar refractivity (Wildman–Crippen MR) is 99.3 cm³/mol. The molecule has 8 nitrogen and oxygen atoms in total. The van der Waals surface area contributed by atoms with Crippen molar-refractivity contribution in [1.82, 2.24) is 30.1 Å². The molecule has 26 heavy (non-hydrogen) atoms. The number of hydrogen-bond donors (Lipinski definition) is 4. The molecule has 4 aromatic heterocycles. The number of rotatable bonds is 6. The van der Waals surface area contributed by atoms with Crippen LogP contribution in [0.25, 0.3) is 10.9 Å². The second kappa shape index (κ2) is 6.14. The van der Waals surface area contributed by atoms with E-state index in [2.05, 4.69) is 40.8 Å². The molecule has 8 heteroatoms. The molecule has 0 bridgehead atoms. The third kappa shape index (κ3) is 2.97. The Morgan fingerprint density at radius 1 is 1.08 bits per heavy atom. The number of hydrogen-bond acceptors (Lipinski definition) is 6. The quantitative estimate of drug-likeness (QED) is 0.427. The first-order valence-electron chi connectivity index (χ1n) is 8.65. The summed E-state index contributed by atoms with van der Waals surface area (Å²) in [6.45, 7) is 0.548. The van der Waals surface area contributed by atoms with Crippen LogP contribution in [0.2, 0.25) is 0 Å². The molecule has 1 saturated carbocycles. The molecule has 4 heterocycles. The summed E-state index contributed by atoms with van der Waals surface area (Å²) in [6.07, 6.45) is 7.91. The fourth-order valence-electron chi connectivity index (χ4n) is 3.00. The van der Waals surface area contributed by atoms with Crippen LogP contribution in [-0.4, -0.2) is 30.1 Å². The van der Waals surface area contributed by atoms with E-state index in [1.807, 2.05) is 30.5 Å². The van der Waals surface area contributed by atoms with Gasteiger partial charge >= 0.3 is 0 Å². The molecular weight excluding hydrogens is 328 g/mol. The summed E-state index contributed by atoms with van der Waals surface area (Å²) in [5.74, 6) is 2.66. The van der Waals surface area contributed by atoms with Crippen molar-refractivity contribution >= 4 is 28.5 Å². The molecule has 0 amide bonds. The first-order valence-corrected chi connectivity index (χ1v) is 8.65. The molecule has 0 atom stereocenters. The van der Waals surface area contributed by atoms with Crippen molar-refractivity contribution in [2.24, 2.45) is 0 Å². The van der Waals surface area contributed by atoms with Crippen molar-refractivity contribution in [1.29, 1.82) is 0 Å². The van der Waals surface area contributed by atoms with Gasteiger partial charge in [0.2, 0.25) is 5.95 Å². The molecule has 0 unspecified atom stereocenters. The van der Waals surface area contributed by atoms with E-state index in [9.17, 15) is 0 Å². The summed E-state index contributed by atoms with van der Waals surface area (Å²) < 4.78 is 0. The average Bonchev–Trinajstić information content (AvgIpc) is 3.21. The highest BCUT2D eigenvalue weighted by Crippen LogP contribution is 2.39. The maximum absolute atomic E-state index is 4.50. The molecule has 5 rings (SSSR count). The van der Waals surface area contributed by atoms with Crippen molar-refractivity contribution in [2.45, 2.75) is 25.3 Å². The maximum Gasteiger partial charge on any atom is 0.224 e. The normalized spacial score (nSPS) is 13.8. The Morgan fingerprint density at radius 3 is 2.92 bits per heavy atom. The molecule has 4 N–H and O–H groups in total. The second-order valence-corrected chi connectivity index (χ2v) is 6.42. The van der Waals surface area contributed by atoms with E-state index in [0.717, 1.165) is 22.4 Å². The Kier molecular flexibility index (Phi) is 3.52. The average molecular weight is 346 g/mol. The Balaban J connectivity index is 1.29. The first-order chi connectivity index (χ1) is 12.8. The Morgan fingerprint density at radius 2 is 2.00 bits per heavy atom. The Labute approximate surface area is 149 Å². The summed E-state index contributed by atoms with van der Waals surface area (Å²) >= 11 is 0. The highest BCUT2D eigenvalue weighted by molar-refractivity contribution is 5.81. The van der Waals surface area contributed by atoms with Gasteiger partial charge in [0.05, 0.1) is 12.2 Å². The highest BCUT2D eigenvalue weighted by Gasteiger charge is 2.25. The summed E-state index contributed by atoms with van der Waals surface area (Å²) in [4.78, 5) is 16.4. The smallest absolute Gasteiger partial charge is 0.224 e. The maximum atomic E-state index is 4.50. The minimum atomic E-state index is 0.544. The highest BCUT2D eigenvalue weighted by atomic mass is 15.2. The van der Waals surface area contributed by atoms with Crippen molar-refractivity contribution in [2.75, 3.05) is 10.6 Å². The van der Waals surface area contributed by atoms with Crippen molar-refractivity contribution in [3.8, 4) is 0 Å². The second-order valence-electron chi connectivity index (χ2n) is 6.42. The lowest BCUT2D eigenvalue weighted by Gasteiger charge is -2.07. The fourth-order valence-corrected chi connectivity index (χ4v) is 3.00. The van der Waals surface area contributed by atoms with Gasteiger partial charge in [-0.15, -0.1) is 0 Å². The summed E-state index contributed by atoms with van der Waals surface area (Å²) in [5.41, 5.74) is 3.20. The number of nitrogens with zero attached hydrogens (tertiary/aromatic N) is 4. The van der Waals surface area contributed by atoms with E-state index in [1.54, 1.807) is 12.4 Å². The van der Waals surface area contributed by atoms with Gasteiger partial charge in [0.25, 0.3) is 0 Å². The Bertz CT molecular complexity index is 1050. The van der Waals surface area contributed by atoms with Crippen LogP contribution in [-0.2, 0) is 6.54 Å². The first kappa shape index (κ1) is 14.9. The molecule has 1 aliphatic rings. The lowest BCUT2D eigenvalue weighted by molar-refractivity contribution is 0.966. The zero-order valence-corrected chi connectivity index (χ0v) is 14.0. The van der Waals surface area contributed by atoms with Crippen molar-refractivity contribution < 1.29 is 0 Å². The van der Waals surface area contributed by atoms with Crippen LogP contribution < -0.4 is 10.6 Å². The van der Waals surface area contributed by atoms with Gasteiger partial charge in [-0.3, -0.25) is 10.1 Å². The number of pyridine rings is 1. The summed E-state index contributed by atoms with van der Waals surface area (Å²) in [6, 6.07) is 7.85. The van der Waals surface area contributed by atoms with E-state index >= 15 is 0 Å². The molecule has 0 saturated heterocycles. The van der Waals surface area contributed by atoms with Gasteiger partial charge in [0, 0.05) is 47.2 Å². The number of aromatic nitrogens is 6. The van der Waals surface area contributed by atoms with E-state index in [4.69, 9.17) is 0 Å². The van der Waals surface area contributed by atoms with E-state index in [0.29, 0.717) is 24.2 Å². The third-order valence-corrected chi connectivity index (χ3v) is 4.50. The zero-order chi connectivity index (χ0) is 17.3. The Hall–Kier alpha value is -3.42. The lowest BCUT2D eigenvalue weighted by atomic mass is 10.2. The van der Waals surface area contributed by atoms with Crippen LogP contribution in [0.3, 0.4) is 0 Å².